The van der Waals surface area contributed by atoms with Crippen molar-refractivity contribution in [2.24, 2.45) is 0 Å². The number of aryl methyl sites for hydroxylation is 4. The molecule has 5 heteroatoms. The number of rotatable bonds is 2. The molecule has 0 spiro atoms. The van der Waals surface area contributed by atoms with Crippen molar-refractivity contribution >= 4 is 61.8 Å². The highest BCUT2D eigenvalue weighted by Gasteiger charge is 2.44. The molecule has 0 radical (unpaired) electrons. The Kier molecular flexibility index (Phi) is 5.88. The lowest BCUT2D eigenvalue weighted by atomic mass is 9.86. The first-order valence-electron chi connectivity index (χ1n) is 16.3. The first-order chi connectivity index (χ1) is 22.7. The van der Waals surface area contributed by atoms with Crippen LogP contribution in [0, 0.1) is 27.7 Å². The molecule has 0 fully saturated rings. The van der Waals surface area contributed by atoms with Gasteiger partial charge in [0.15, 0.2) is 0 Å². The summed E-state index contributed by atoms with van der Waals surface area (Å²) in [7, 11) is -2.43. The van der Waals surface area contributed by atoms with Gasteiger partial charge in [-0.2, -0.15) is 0 Å². The van der Waals surface area contributed by atoms with E-state index in [0.717, 1.165) is 33.8 Å². The van der Waals surface area contributed by atoms with Crippen molar-refractivity contribution in [1.82, 2.24) is 19.9 Å². The van der Waals surface area contributed by atoms with Crippen molar-refractivity contribution in [1.29, 1.82) is 0 Å². The van der Waals surface area contributed by atoms with Gasteiger partial charge in [0.1, 0.15) is 8.07 Å². The highest BCUT2D eigenvalue weighted by atomic mass is 28.3. The van der Waals surface area contributed by atoms with E-state index in [0.29, 0.717) is 0 Å². The average Bonchev–Trinajstić information content (AvgIpc) is 3.31. The number of hydrogen-bond donors (Lipinski definition) is 0. The molecular formula is C42H34N4Si. The topological polar surface area (TPSA) is 51.6 Å². The molecule has 1 aliphatic heterocycles. The van der Waals surface area contributed by atoms with Crippen molar-refractivity contribution in [2.75, 3.05) is 0 Å². The summed E-state index contributed by atoms with van der Waals surface area (Å²) in [4.78, 5) is 20.4. The van der Waals surface area contributed by atoms with Crippen molar-refractivity contribution in [3.05, 3.63) is 120 Å². The third-order valence-corrected chi connectivity index (χ3v) is 13.6. The Morgan fingerprint density at radius 3 is 1.32 bits per heavy atom. The normalized spacial score (nSPS) is 13.5. The summed E-state index contributed by atoms with van der Waals surface area (Å²) in [5.74, 6) is 0. The first kappa shape index (κ1) is 28.0. The minimum absolute atomic E-state index is 0.891. The monoisotopic (exact) mass is 622 g/mol. The standard InChI is InChI=1S/C42H34N4Si/c1-23-19-25(3)35-29(21-23)27-13-15-33(31-11-7-9-17-43-31)45-39(27)41-37(35)38-36-26(4)20-24(2)22-30(36)28-14-16-34(32-12-8-10-18-44-32)46-40(28)42(38)47(41,5)6/h7-22H,1-6H3. The second kappa shape index (κ2) is 9.87. The second-order valence-electron chi connectivity index (χ2n) is 13.7. The number of hydrogen-bond acceptors (Lipinski definition) is 4. The van der Waals surface area contributed by atoms with Crippen LogP contribution in [-0.4, -0.2) is 28.0 Å². The Morgan fingerprint density at radius 1 is 0.468 bits per heavy atom. The van der Waals surface area contributed by atoms with Gasteiger partial charge in [-0.1, -0.05) is 60.6 Å². The van der Waals surface area contributed by atoms with Gasteiger partial charge in [0.25, 0.3) is 0 Å². The molecule has 1 aliphatic rings. The van der Waals surface area contributed by atoms with E-state index in [1.165, 1.54) is 76.1 Å². The van der Waals surface area contributed by atoms with E-state index in [4.69, 9.17) is 9.97 Å². The molecule has 47 heavy (non-hydrogen) atoms. The molecule has 4 aromatic carbocycles. The molecule has 0 atom stereocenters. The summed E-state index contributed by atoms with van der Waals surface area (Å²) < 4.78 is 0. The van der Waals surface area contributed by atoms with Gasteiger partial charge < -0.3 is 0 Å². The lowest BCUT2D eigenvalue weighted by Gasteiger charge is -2.23. The van der Waals surface area contributed by atoms with Crippen LogP contribution in [0.5, 0.6) is 0 Å². The third-order valence-electron chi connectivity index (χ3n) is 10.2. The van der Waals surface area contributed by atoms with Crippen LogP contribution in [0.4, 0.5) is 0 Å². The first-order valence-corrected chi connectivity index (χ1v) is 19.3. The Bertz CT molecular complexity index is 2440. The van der Waals surface area contributed by atoms with Gasteiger partial charge in [0, 0.05) is 23.2 Å². The molecule has 4 aromatic heterocycles. The molecule has 0 aliphatic carbocycles. The maximum absolute atomic E-state index is 5.51. The predicted octanol–water partition coefficient (Wildman–Crippen LogP) is 9.25. The third kappa shape index (κ3) is 3.93. The van der Waals surface area contributed by atoms with Gasteiger partial charge in [-0.15, -0.1) is 0 Å². The summed E-state index contributed by atoms with van der Waals surface area (Å²) in [5.41, 5.74) is 13.6. The van der Waals surface area contributed by atoms with Crippen molar-refractivity contribution in [2.45, 2.75) is 40.8 Å². The van der Waals surface area contributed by atoms with Gasteiger partial charge in [0.05, 0.1) is 33.8 Å². The Hall–Kier alpha value is -5.26. The predicted molar refractivity (Wildman–Crippen MR) is 200 cm³/mol. The fourth-order valence-electron chi connectivity index (χ4n) is 8.40. The molecule has 5 heterocycles. The van der Waals surface area contributed by atoms with Crippen molar-refractivity contribution < 1.29 is 0 Å². The SMILES string of the molecule is Cc1cc(C)c2c3c(c4nc(-c5ccccn5)ccc4c2c1)[Si](C)(C)c1c-3c2c(C)cc(C)cc2c2ccc(-c3ccccn3)nc12. The fraction of sp³-hybridized carbons (Fsp3) is 0.143. The van der Waals surface area contributed by atoms with E-state index < -0.39 is 8.07 Å². The van der Waals surface area contributed by atoms with Crippen LogP contribution in [0.1, 0.15) is 22.3 Å². The smallest absolute Gasteiger partial charge is 0.119 e. The largest absolute Gasteiger partial charge is 0.255 e. The summed E-state index contributed by atoms with van der Waals surface area (Å²) in [6, 6.07) is 30.3. The van der Waals surface area contributed by atoms with Crippen LogP contribution < -0.4 is 10.4 Å². The van der Waals surface area contributed by atoms with E-state index in [2.05, 4.69) is 111 Å². The van der Waals surface area contributed by atoms with E-state index in [1.54, 1.807) is 0 Å². The van der Waals surface area contributed by atoms with Crippen LogP contribution in [-0.2, 0) is 0 Å². The molecule has 0 N–H and O–H groups in total. The second-order valence-corrected chi connectivity index (χ2v) is 18.0. The highest BCUT2D eigenvalue weighted by molar-refractivity contribution is 7.07. The zero-order chi connectivity index (χ0) is 32.2. The van der Waals surface area contributed by atoms with Crippen LogP contribution in [0.25, 0.3) is 77.3 Å². The van der Waals surface area contributed by atoms with Crippen LogP contribution >= 0.6 is 0 Å². The van der Waals surface area contributed by atoms with Crippen molar-refractivity contribution in [3.8, 4) is 33.9 Å². The molecular weight excluding hydrogens is 589 g/mol. The molecule has 0 bridgehead atoms. The minimum Gasteiger partial charge on any atom is -0.255 e. The molecule has 9 rings (SSSR count). The molecule has 8 aromatic rings. The summed E-state index contributed by atoms with van der Waals surface area (Å²) >= 11 is 0. The van der Waals surface area contributed by atoms with Gasteiger partial charge in [-0.3, -0.25) is 9.97 Å². The molecule has 226 valence electrons. The summed E-state index contributed by atoms with van der Waals surface area (Å²) in [6.07, 6.45) is 3.70. The minimum atomic E-state index is -2.43. The van der Waals surface area contributed by atoms with Gasteiger partial charge in [0.2, 0.25) is 0 Å². The molecule has 4 nitrogen and oxygen atoms in total. The lowest BCUT2D eigenvalue weighted by Crippen LogP contribution is -2.50. The average molecular weight is 623 g/mol. The number of fused-ring (bicyclic) bond motifs is 13. The fourth-order valence-corrected chi connectivity index (χ4v) is 12.0. The highest BCUT2D eigenvalue weighted by Crippen LogP contribution is 2.47. The van der Waals surface area contributed by atoms with Crippen LogP contribution in [0.3, 0.4) is 0 Å². The van der Waals surface area contributed by atoms with E-state index in [9.17, 15) is 0 Å². The van der Waals surface area contributed by atoms with E-state index in [1.807, 2.05) is 36.7 Å². The van der Waals surface area contributed by atoms with Crippen LogP contribution in [0.2, 0.25) is 13.1 Å². The number of aromatic nitrogens is 4. The molecule has 0 unspecified atom stereocenters. The van der Waals surface area contributed by atoms with Gasteiger partial charge in [-0.05, 0) is 130 Å². The number of pyridine rings is 4. The quantitative estimate of drug-likeness (QED) is 0.142. The molecule has 0 saturated carbocycles. The van der Waals surface area contributed by atoms with Crippen molar-refractivity contribution in [3.63, 3.8) is 0 Å². The maximum atomic E-state index is 5.51. The Balaban J connectivity index is 1.53. The zero-order valence-corrected chi connectivity index (χ0v) is 28.5. The molecule has 0 saturated heterocycles. The van der Waals surface area contributed by atoms with Gasteiger partial charge >= 0.3 is 0 Å². The number of nitrogens with zero attached hydrogens (tertiary/aromatic N) is 4. The molecule has 0 amide bonds. The maximum Gasteiger partial charge on any atom is 0.119 e. The van der Waals surface area contributed by atoms with Crippen LogP contribution in [0.15, 0.2) is 97.3 Å². The lowest BCUT2D eigenvalue weighted by molar-refractivity contribution is 1.28. The summed E-state index contributed by atoms with van der Waals surface area (Å²) in [5, 5.41) is 10.4. The van der Waals surface area contributed by atoms with E-state index >= 15 is 0 Å². The Morgan fingerprint density at radius 2 is 0.915 bits per heavy atom. The zero-order valence-electron chi connectivity index (χ0n) is 27.5. The summed E-state index contributed by atoms with van der Waals surface area (Å²) in [6.45, 7) is 14.0. The number of benzene rings is 4. The van der Waals surface area contributed by atoms with Gasteiger partial charge in [-0.25, -0.2) is 9.97 Å². The Labute approximate surface area is 275 Å². The van der Waals surface area contributed by atoms with E-state index in [-0.39, 0.29) is 0 Å².